The maximum Gasteiger partial charge on any atom is 0.273 e. The van der Waals surface area contributed by atoms with E-state index in [9.17, 15) is 4.79 Å². The lowest BCUT2D eigenvalue weighted by Gasteiger charge is -2.13. The van der Waals surface area contributed by atoms with Gasteiger partial charge in [0, 0.05) is 11.7 Å². The Bertz CT molecular complexity index is 637. The molecule has 0 saturated heterocycles. The Kier molecular flexibility index (Phi) is 5.60. The fourth-order valence-corrected chi connectivity index (χ4v) is 2.46. The number of hydrogen-bond donors (Lipinski definition) is 2. The molecule has 0 fully saturated rings. The normalized spacial score (nSPS) is 12.0. The summed E-state index contributed by atoms with van der Waals surface area (Å²) in [5, 5.41) is 9.77. The molecule has 5 nitrogen and oxygen atoms in total. The van der Waals surface area contributed by atoms with Gasteiger partial charge < -0.3 is 10.1 Å². The van der Waals surface area contributed by atoms with Gasteiger partial charge >= 0.3 is 0 Å². The predicted octanol–water partition coefficient (Wildman–Crippen LogP) is 3.24. The zero-order chi connectivity index (χ0) is 16.1. The molecule has 0 aliphatic heterocycles. The van der Waals surface area contributed by atoms with E-state index in [0.29, 0.717) is 10.2 Å². The van der Waals surface area contributed by atoms with Gasteiger partial charge in [-0.2, -0.15) is 5.10 Å². The SMILES string of the molecule is COc1ccc(CCC(C)NC(=O)c2n[nH]c(C)c2Br)cc1. The lowest BCUT2D eigenvalue weighted by Crippen LogP contribution is -2.33. The maximum atomic E-state index is 12.1. The Hall–Kier alpha value is -1.82. The summed E-state index contributed by atoms with van der Waals surface area (Å²) in [5.74, 6) is 0.683. The highest BCUT2D eigenvalue weighted by Crippen LogP contribution is 2.18. The van der Waals surface area contributed by atoms with E-state index < -0.39 is 0 Å². The molecule has 0 aliphatic rings. The zero-order valence-corrected chi connectivity index (χ0v) is 14.5. The lowest BCUT2D eigenvalue weighted by molar-refractivity contribution is 0.0932. The number of aryl methyl sites for hydroxylation is 2. The molecule has 0 radical (unpaired) electrons. The Labute approximate surface area is 138 Å². The number of rotatable bonds is 6. The number of amides is 1. The third-order valence-electron chi connectivity index (χ3n) is 3.49. The first-order chi connectivity index (χ1) is 10.5. The van der Waals surface area contributed by atoms with Crippen molar-refractivity contribution in [2.45, 2.75) is 32.7 Å². The number of H-pyrrole nitrogens is 1. The summed E-state index contributed by atoms with van der Waals surface area (Å²) >= 11 is 3.36. The van der Waals surface area contributed by atoms with Crippen LogP contribution in [0.3, 0.4) is 0 Å². The van der Waals surface area contributed by atoms with Crippen LogP contribution >= 0.6 is 15.9 Å². The Morgan fingerprint density at radius 1 is 1.41 bits per heavy atom. The lowest BCUT2D eigenvalue weighted by atomic mass is 10.1. The number of carbonyl (C=O) groups is 1. The topological polar surface area (TPSA) is 67.0 Å². The summed E-state index contributed by atoms with van der Waals surface area (Å²) in [6, 6.07) is 8.05. The van der Waals surface area contributed by atoms with Crippen molar-refractivity contribution in [1.82, 2.24) is 15.5 Å². The second-order valence-electron chi connectivity index (χ2n) is 5.27. The molecule has 118 valence electrons. The molecule has 2 aromatic rings. The van der Waals surface area contributed by atoms with E-state index in [1.54, 1.807) is 7.11 Å². The minimum atomic E-state index is -0.168. The molecular formula is C16H20BrN3O2. The summed E-state index contributed by atoms with van der Waals surface area (Å²) in [5.41, 5.74) is 2.46. The fraction of sp³-hybridized carbons (Fsp3) is 0.375. The number of hydrogen-bond acceptors (Lipinski definition) is 3. The van der Waals surface area contributed by atoms with Gasteiger partial charge in [-0.1, -0.05) is 12.1 Å². The number of methoxy groups -OCH3 is 1. The van der Waals surface area contributed by atoms with Gasteiger partial charge in [-0.05, 0) is 60.3 Å². The minimum absolute atomic E-state index is 0.0681. The molecule has 0 spiro atoms. The number of carbonyl (C=O) groups excluding carboxylic acids is 1. The van der Waals surface area contributed by atoms with Gasteiger partial charge in [-0.25, -0.2) is 0 Å². The van der Waals surface area contributed by atoms with Crippen LogP contribution in [0.25, 0.3) is 0 Å². The fourth-order valence-electron chi connectivity index (χ4n) is 2.11. The van der Waals surface area contributed by atoms with Crippen molar-refractivity contribution in [3.63, 3.8) is 0 Å². The highest BCUT2D eigenvalue weighted by Gasteiger charge is 2.17. The largest absolute Gasteiger partial charge is 0.497 e. The van der Waals surface area contributed by atoms with E-state index in [4.69, 9.17) is 4.74 Å². The highest BCUT2D eigenvalue weighted by atomic mass is 79.9. The average Bonchev–Trinajstić information content (AvgIpc) is 2.85. The van der Waals surface area contributed by atoms with E-state index in [0.717, 1.165) is 24.3 Å². The van der Waals surface area contributed by atoms with Crippen molar-refractivity contribution in [3.05, 3.63) is 45.7 Å². The molecule has 1 aromatic heterocycles. The minimum Gasteiger partial charge on any atom is -0.497 e. The molecule has 1 heterocycles. The molecule has 1 unspecified atom stereocenters. The molecule has 1 aromatic carbocycles. The number of ether oxygens (including phenoxy) is 1. The third-order valence-corrected chi connectivity index (χ3v) is 4.46. The second-order valence-corrected chi connectivity index (χ2v) is 6.07. The van der Waals surface area contributed by atoms with Crippen LogP contribution in [-0.2, 0) is 6.42 Å². The monoisotopic (exact) mass is 365 g/mol. The van der Waals surface area contributed by atoms with Crippen LogP contribution in [0.4, 0.5) is 0 Å². The molecule has 0 saturated carbocycles. The molecule has 22 heavy (non-hydrogen) atoms. The van der Waals surface area contributed by atoms with Crippen LogP contribution in [0, 0.1) is 6.92 Å². The number of nitrogens with one attached hydrogen (secondary N) is 2. The first-order valence-corrected chi connectivity index (χ1v) is 7.94. The van der Waals surface area contributed by atoms with Crippen LogP contribution < -0.4 is 10.1 Å². The molecule has 1 atom stereocenters. The molecule has 2 rings (SSSR count). The highest BCUT2D eigenvalue weighted by molar-refractivity contribution is 9.10. The Morgan fingerprint density at radius 3 is 2.64 bits per heavy atom. The van der Waals surface area contributed by atoms with E-state index in [-0.39, 0.29) is 11.9 Å². The number of benzene rings is 1. The maximum absolute atomic E-state index is 12.1. The van der Waals surface area contributed by atoms with Gasteiger partial charge in [0.1, 0.15) is 5.75 Å². The van der Waals surface area contributed by atoms with Gasteiger partial charge in [0.2, 0.25) is 0 Å². The molecule has 2 N–H and O–H groups in total. The summed E-state index contributed by atoms with van der Waals surface area (Å²) in [7, 11) is 1.65. The van der Waals surface area contributed by atoms with E-state index >= 15 is 0 Å². The Balaban J connectivity index is 1.85. The van der Waals surface area contributed by atoms with E-state index in [2.05, 4.69) is 31.4 Å². The quantitative estimate of drug-likeness (QED) is 0.825. The van der Waals surface area contributed by atoms with Crippen molar-refractivity contribution in [2.24, 2.45) is 0 Å². The standard InChI is InChI=1S/C16H20BrN3O2/c1-10(4-5-12-6-8-13(22-3)9-7-12)18-16(21)15-14(17)11(2)19-20-15/h6-10H,4-5H2,1-3H3,(H,18,21)(H,19,20). The predicted molar refractivity (Wildman–Crippen MR) is 89.3 cm³/mol. The molecular weight excluding hydrogens is 346 g/mol. The van der Waals surface area contributed by atoms with Crippen molar-refractivity contribution >= 4 is 21.8 Å². The smallest absolute Gasteiger partial charge is 0.273 e. The van der Waals surface area contributed by atoms with Crippen molar-refractivity contribution in [1.29, 1.82) is 0 Å². The van der Waals surface area contributed by atoms with E-state index in [1.165, 1.54) is 5.56 Å². The van der Waals surface area contributed by atoms with Gasteiger partial charge in [-0.3, -0.25) is 9.89 Å². The van der Waals surface area contributed by atoms with Crippen molar-refractivity contribution in [2.75, 3.05) is 7.11 Å². The van der Waals surface area contributed by atoms with Gasteiger partial charge in [0.15, 0.2) is 5.69 Å². The third kappa shape index (κ3) is 4.10. The Morgan fingerprint density at radius 2 is 2.09 bits per heavy atom. The second kappa shape index (κ2) is 7.45. The number of aromatic amines is 1. The summed E-state index contributed by atoms with van der Waals surface area (Å²) in [6.45, 7) is 3.86. The number of nitrogens with zero attached hydrogens (tertiary/aromatic N) is 1. The number of halogens is 1. The van der Waals surface area contributed by atoms with Gasteiger partial charge in [0.05, 0.1) is 11.6 Å². The molecule has 0 aliphatic carbocycles. The zero-order valence-electron chi connectivity index (χ0n) is 12.9. The first kappa shape index (κ1) is 16.5. The number of aromatic nitrogens is 2. The molecule has 0 bridgehead atoms. The molecule has 1 amide bonds. The van der Waals surface area contributed by atoms with Crippen LogP contribution in [-0.4, -0.2) is 29.3 Å². The summed E-state index contributed by atoms with van der Waals surface area (Å²) in [6.07, 6.45) is 1.76. The van der Waals surface area contributed by atoms with Crippen molar-refractivity contribution < 1.29 is 9.53 Å². The van der Waals surface area contributed by atoms with Gasteiger partial charge in [0.25, 0.3) is 5.91 Å². The summed E-state index contributed by atoms with van der Waals surface area (Å²) < 4.78 is 5.85. The average molecular weight is 366 g/mol. The first-order valence-electron chi connectivity index (χ1n) is 7.15. The van der Waals surface area contributed by atoms with Crippen molar-refractivity contribution in [3.8, 4) is 5.75 Å². The molecule has 6 heteroatoms. The van der Waals surface area contributed by atoms with Gasteiger partial charge in [-0.15, -0.1) is 0 Å². The summed E-state index contributed by atoms with van der Waals surface area (Å²) in [4.78, 5) is 12.1. The van der Waals surface area contributed by atoms with Crippen LogP contribution in [0.1, 0.15) is 35.1 Å². The van der Waals surface area contributed by atoms with Crippen LogP contribution in [0.15, 0.2) is 28.7 Å². The van der Waals surface area contributed by atoms with E-state index in [1.807, 2.05) is 38.1 Å². The van der Waals surface area contributed by atoms with Crippen LogP contribution in [0.5, 0.6) is 5.75 Å². The van der Waals surface area contributed by atoms with Crippen LogP contribution in [0.2, 0.25) is 0 Å².